The number of nitrogens with zero attached hydrogens (tertiary/aromatic N) is 1. The van der Waals surface area contributed by atoms with Gasteiger partial charge in [-0.05, 0) is 59.2 Å². The van der Waals surface area contributed by atoms with Crippen LogP contribution in [0.1, 0.15) is 23.2 Å². The molecule has 15 nitrogen and oxygen atoms in total. The molecular formula is C31H26N4O11S2. The number of amidine groups is 1. The molecule has 0 radical (unpaired) electrons. The van der Waals surface area contributed by atoms with Crippen molar-refractivity contribution in [3.63, 3.8) is 0 Å². The second-order valence-corrected chi connectivity index (χ2v) is 12.8. The molecule has 2 aromatic carbocycles. The summed E-state index contributed by atoms with van der Waals surface area (Å²) >= 11 is 0. The number of phenolic OH excluding ortho intramolecular Hbond substituents is 1. The maximum atomic E-state index is 12.6. The average molecular weight is 695 g/mol. The highest BCUT2D eigenvalue weighted by Gasteiger charge is 2.27. The number of aliphatic imine (C=N–C) groups is 1. The summed E-state index contributed by atoms with van der Waals surface area (Å²) in [6.07, 6.45) is -0.513. The number of carbonyl (C=O) groups excluding carboxylic acids is 2. The number of phenols is 1. The summed E-state index contributed by atoms with van der Waals surface area (Å²) in [5.74, 6) is -5.21. The van der Waals surface area contributed by atoms with Crippen molar-refractivity contribution >= 4 is 73.1 Å². The number of carboxylic acids is 3. The molecule has 0 bridgehead atoms. The van der Waals surface area contributed by atoms with E-state index in [0.29, 0.717) is 16.5 Å². The van der Waals surface area contributed by atoms with Gasteiger partial charge >= 0.3 is 17.9 Å². The number of aromatic hydroxyl groups is 1. The normalized spacial score (nSPS) is 17.1. The van der Waals surface area contributed by atoms with Crippen LogP contribution in [-0.2, 0) is 19.2 Å². The summed E-state index contributed by atoms with van der Waals surface area (Å²) in [5, 5.41) is 47.2. The Bertz CT molecular complexity index is 2010. The van der Waals surface area contributed by atoms with Crippen LogP contribution < -0.4 is 21.4 Å². The Balaban J connectivity index is 1.51. The molecule has 2 atom stereocenters. The van der Waals surface area contributed by atoms with Gasteiger partial charge in [0.2, 0.25) is 11.8 Å². The number of nitrogens with one attached hydrogen (secondary N) is 3. The summed E-state index contributed by atoms with van der Waals surface area (Å²) in [7, 11) is 1.97. The molecule has 48 heavy (non-hydrogen) atoms. The van der Waals surface area contributed by atoms with Gasteiger partial charge in [-0.2, -0.15) is 0 Å². The first kappa shape index (κ1) is 33.8. The Morgan fingerprint density at radius 1 is 0.979 bits per heavy atom. The maximum absolute atomic E-state index is 12.6. The van der Waals surface area contributed by atoms with Crippen LogP contribution in [0.5, 0.6) is 5.75 Å². The molecule has 7 N–H and O–H groups in total. The Morgan fingerprint density at radius 2 is 1.75 bits per heavy atom. The van der Waals surface area contributed by atoms with Crippen molar-refractivity contribution in [1.29, 1.82) is 0 Å². The number of hydrogen-bond acceptors (Lipinski definition) is 12. The molecule has 0 fully saturated rings. The van der Waals surface area contributed by atoms with Crippen LogP contribution in [0.4, 0.5) is 5.69 Å². The number of benzene rings is 3. The number of rotatable bonds is 7. The van der Waals surface area contributed by atoms with E-state index in [-0.39, 0.29) is 63.1 Å². The summed E-state index contributed by atoms with van der Waals surface area (Å²) in [6, 6.07) is 10.3. The van der Waals surface area contributed by atoms with Gasteiger partial charge in [-0.15, -0.1) is 0 Å². The van der Waals surface area contributed by atoms with Gasteiger partial charge in [0, 0.05) is 46.5 Å². The number of aliphatic carboxylic acids is 2. The maximum Gasteiger partial charge on any atom is 0.336 e. The zero-order valence-electron chi connectivity index (χ0n) is 24.6. The van der Waals surface area contributed by atoms with Gasteiger partial charge in [0.15, 0.2) is 16.6 Å². The van der Waals surface area contributed by atoms with Gasteiger partial charge in [0.1, 0.15) is 29.7 Å². The Hall–Kier alpha value is -5.55. The Morgan fingerprint density at radius 3 is 2.48 bits per heavy atom. The van der Waals surface area contributed by atoms with E-state index in [4.69, 9.17) is 9.52 Å². The fourth-order valence-electron chi connectivity index (χ4n) is 4.91. The first-order valence-electron chi connectivity index (χ1n) is 14.1. The van der Waals surface area contributed by atoms with Crippen molar-refractivity contribution in [2.45, 2.75) is 24.9 Å². The van der Waals surface area contributed by atoms with E-state index in [9.17, 15) is 44.1 Å². The zero-order valence-corrected chi connectivity index (χ0v) is 26.2. The molecule has 248 valence electrons. The summed E-state index contributed by atoms with van der Waals surface area (Å²) in [5.41, 5.74) is 1.08. The van der Waals surface area contributed by atoms with Crippen LogP contribution in [0.25, 0.3) is 33.4 Å². The fraction of sp³-hybridized carbons (Fsp3) is 0.194. The molecule has 0 aromatic heterocycles. The molecule has 2 amide bonds. The van der Waals surface area contributed by atoms with Gasteiger partial charge in [-0.1, -0.05) is 16.9 Å². The predicted molar refractivity (Wildman–Crippen MR) is 178 cm³/mol. The van der Waals surface area contributed by atoms with Gasteiger partial charge in [-0.3, -0.25) is 19.2 Å². The zero-order chi connectivity index (χ0) is 34.5. The van der Waals surface area contributed by atoms with Crippen LogP contribution in [-0.4, -0.2) is 79.7 Å². The molecule has 2 aliphatic heterocycles. The van der Waals surface area contributed by atoms with E-state index >= 15 is 0 Å². The molecule has 2 heterocycles. The van der Waals surface area contributed by atoms with Gasteiger partial charge < -0.3 is 40.8 Å². The first-order chi connectivity index (χ1) is 22.9. The standard InChI is InChI=1S/C31H26N4O11S2/c36-15-2-5-18-23(10-15)46-24-11-16(37)3-6-19(24)27(18)17-4-1-14(9-20(17)29(42)43)33-31-35-21(30(44)45)7-8-25(38)34-22(13-47-48-31)28(41)32-12-26(39)40/h1-6,9-11,21-22,36H,7-8,12-13H2,(H,32,41)(H,33,35)(H,34,38)(H,39,40)(H,42,43)(H,44,45). The number of amides is 2. The second-order valence-electron chi connectivity index (χ2n) is 10.4. The van der Waals surface area contributed by atoms with Crippen molar-refractivity contribution < 1.29 is 48.8 Å². The van der Waals surface area contributed by atoms with E-state index in [1.165, 1.54) is 42.5 Å². The SMILES string of the molecule is O=C(O)CNC(=O)C1CSSC(Nc2ccc(-c3c4ccc(=O)cc-4oc4cc(O)ccc34)c(C(=O)O)c2)=NC(C(=O)O)CCC(=O)N1. The van der Waals surface area contributed by atoms with Crippen LogP contribution in [0.3, 0.4) is 0 Å². The molecule has 5 rings (SSSR count). The van der Waals surface area contributed by atoms with Gasteiger partial charge in [0.05, 0.1) is 5.56 Å². The summed E-state index contributed by atoms with van der Waals surface area (Å²) in [4.78, 5) is 76.9. The lowest BCUT2D eigenvalue weighted by atomic mass is 9.90. The van der Waals surface area contributed by atoms with Crippen LogP contribution >= 0.6 is 21.6 Å². The molecule has 0 saturated carbocycles. The third-order valence-electron chi connectivity index (χ3n) is 7.09. The van der Waals surface area contributed by atoms with Gasteiger partial charge in [0.25, 0.3) is 0 Å². The number of anilines is 1. The van der Waals surface area contributed by atoms with E-state index in [1.54, 1.807) is 12.1 Å². The number of fused-ring (bicyclic) bond motifs is 2. The summed E-state index contributed by atoms with van der Waals surface area (Å²) in [6.45, 7) is -0.661. The fourth-order valence-corrected chi connectivity index (χ4v) is 6.99. The lowest BCUT2D eigenvalue weighted by Crippen LogP contribution is -2.49. The third kappa shape index (κ3) is 7.87. The van der Waals surface area contributed by atoms with Crippen molar-refractivity contribution in [1.82, 2.24) is 10.6 Å². The monoisotopic (exact) mass is 694 g/mol. The number of carboxylic acid groups (broad SMARTS) is 3. The minimum Gasteiger partial charge on any atom is -0.508 e. The first-order valence-corrected chi connectivity index (χ1v) is 16.4. The molecule has 0 saturated heterocycles. The molecular weight excluding hydrogens is 668 g/mol. The smallest absolute Gasteiger partial charge is 0.336 e. The van der Waals surface area contributed by atoms with E-state index < -0.39 is 48.4 Å². The molecule has 17 heteroatoms. The highest BCUT2D eigenvalue weighted by Crippen LogP contribution is 2.42. The van der Waals surface area contributed by atoms with Crippen molar-refractivity contribution in [3.05, 3.63) is 70.4 Å². The predicted octanol–water partition coefficient (Wildman–Crippen LogP) is 3.05. The van der Waals surface area contributed by atoms with Gasteiger partial charge in [-0.25, -0.2) is 14.6 Å². The minimum absolute atomic E-state index is 0.0422. The van der Waals surface area contributed by atoms with E-state index in [0.717, 1.165) is 21.6 Å². The second kappa shape index (κ2) is 14.5. The lowest BCUT2D eigenvalue weighted by molar-refractivity contribution is -0.139. The van der Waals surface area contributed by atoms with E-state index in [2.05, 4.69) is 20.9 Å². The van der Waals surface area contributed by atoms with Crippen molar-refractivity contribution in [2.75, 3.05) is 17.6 Å². The molecule has 2 unspecified atom stereocenters. The lowest BCUT2D eigenvalue weighted by Gasteiger charge is -2.18. The largest absolute Gasteiger partial charge is 0.508 e. The van der Waals surface area contributed by atoms with Crippen molar-refractivity contribution in [3.8, 4) is 28.2 Å². The topological polar surface area (TPSA) is 245 Å². The number of hydrogen-bond donors (Lipinski definition) is 7. The Labute approximate surface area is 278 Å². The highest BCUT2D eigenvalue weighted by molar-refractivity contribution is 8.82. The van der Waals surface area contributed by atoms with Crippen LogP contribution in [0.2, 0.25) is 0 Å². The molecule has 2 aromatic rings. The minimum atomic E-state index is -1.37. The highest BCUT2D eigenvalue weighted by atomic mass is 33.1. The quantitative estimate of drug-likeness (QED) is 0.109. The number of aromatic carboxylic acids is 1. The third-order valence-corrected chi connectivity index (χ3v) is 9.28. The molecule has 3 aliphatic rings. The average Bonchev–Trinajstić information content (AvgIpc) is 3.06. The molecule has 1 aliphatic carbocycles. The molecule has 0 spiro atoms. The summed E-state index contributed by atoms with van der Waals surface area (Å²) < 4.78 is 5.86. The Kier molecular flexibility index (Phi) is 10.2. The number of carbonyl (C=O) groups is 5. The van der Waals surface area contributed by atoms with Crippen LogP contribution in [0.15, 0.2) is 68.8 Å². The van der Waals surface area contributed by atoms with Crippen molar-refractivity contribution in [2.24, 2.45) is 4.99 Å². The van der Waals surface area contributed by atoms with E-state index in [1.807, 2.05) is 0 Å². The van der Waals surface area contributed by atoms with Crippen LogP contribution in [0, 0.1) is 0 Å².